The first-order chi connectivity index (χ1) is 5.77. The van der Waals surface area contributed by atoms with Crippen molar-refractivity contribution < 1.29 is 14.2 Å². The van der Waals surface area contributed by atoms with Gasteiger partial charge in [0.05, 0.1) is 25.4 Å². The Kier molecular flexibility index (Phi) is 3.28. The molecule has 3 atom stereocenters. The SMILES string of the molecule is [N-]=[N+]=NC1CC(F)COC1CO. The molecule has 1 rings (SSSR count). The van der Waals surface area contributed by atoms with Crippen molar-refractivity contribution in [2.24, 2.45) is 5.11 Å². The molecule has 0 amide bonds. The van der Waals surface area contributed by atoms with Gasteiger partial charge in [0, 0.05) is 4.91 Å². The van der Waals surface area contributed by atoms with Gasteiger partial charge in [-0.2, -0.15) is 0 Å². The number of azide groups is 1. The van der Waals surface area contributed by atoms with Crippen molar-refractivity contribution in [3.8, 4) is 0 Å². The van der Waals surface area contributed by atoms with E-state index in [0.717, 1.165) is 0 Å². The molecule has 1 N–H and O–H groups in total. The van der Waals surface area contributed by atoms with Crippen molar-refractivity contribution in [3.63, 3.8) is 0 Å². The molecule has 0 spiro atoms. The number of ether oxygens (including phenoxy) is 1. The first-order valence-corrected chi connectivity index (χ1v) is 3.68. The first-order valence-electron chi connectivity index (χ1n) is 3.68. The molecule has 1 aliphatic heterocycles. The molecule has 1 fully saturated rings. The zero-order chi connectivity index (χ0) is 8.97. The van der Waals surface area contributed by atoms with Crippen molar-refractivity contribution >= 4 is 0 Å². The second-order valence-corrected chi connectivity index (χ2v) is 2.66. The Morgan fingerprint density at radius 2 is 2.50 bits per heavy atom. The van der Waals surface area contributed by atoms with Crippen LogP contribution in [0.5, 0.6) is 0 Å². The van der Waals surface area contributed by atoms with Gasteiger partial charge in [0.25, 0.3) is 0 Å². The van der Waals surface area contributed by atoms with Crippen molar-refractivity contribution in [2.75, 3.05) is 13.2 Å². The molecule has 1 aliphatic rings. The largest absolute Gasteiger partial charge is 0.394 e. The molecule has 6 heteroatoms. The van der Waals surface area contributed by atoms with Crippen molar-refractivity contribution in [2.45, 2.75) is 24.7 Å². The molecular formula is C6H10FN3O2. The molecule has 3 unspecified atom stereocenters. The molecule has 12 heavy (non-hydrogen) atoms. The highest BCUT2D eigenvalue weighted by atomic mass is 19.1. The second-order valence-electron chi connectivity index (χ2n) is 2.66. The quantitative estimate of drug-likeness (QED) is 0.382. The van der Waals surface area contributed by atoms with Crippen LogP contribution in [0.25, 0.3) is 10.4 Å². The smallest absolute Gasteiger partial charge is 0.124 e. The number of hydrogen-bond acceptors (Lipinski definition) is 3. The standard InChI is InChI=1S/C6H10FN3O2/c7-4-1-5(9-10-8)6(2-11)12-3-4/h4-6,11H,1-3H2. The van der Waals surface area contributed by atoms with Crippen molar-refractivity contribution in [3.05, 3.63) is 10.4 Å². The van der Waals surface area contributed by atoms with E-state index < -0.39 is 18.3 Å². The minimum atomic E-state index is -1.09. The van der Waals surface area contributed by atoms with Gasteiger partial charge in [-0.1, -0.05) is 5.11 Å². The zero-order valence-corrected chi connectivity index (χ0v) is 6.43. The lowest BCUT2D eigenvalue weighted by Crippen LogP contribution is -2.40. The summed E-state index contributed by atoms with van der Waals surface area (Å²) in [6.45, 7) is -0.265. The summed E-state index contributed by atoms with van der Waals surface area (Å²) in [4.78, 5) is 2.56. The lowest BCUT2D eigenvalue weighted by atomic mass is 10.0. The number of nitrogens with zero attached hydrogens (tertiary/aromatic N) is 3. The molecule has 0 aromatic carbocycles. The Bertz CT molecular complexity index is 195. The Balaban J connectivity index is 2.57. The molecule has 68 valence electrons. The summed E-state index contributed by atoms with van der Waals surface area (Å²) in [5.74, 6) is 0. The maximum atomic E-state index is 12.7. The third-order valence-electron chi connectivity index (χ3n) is 1.80. The predicted molar refractivity (Wildman–Crippen MR) is 39.3 cm³/mol. The number of aliphatic hydroxyl groups is 1. The van der Waals surface area contributed by atoms with E-state index in [1.54, 1.807) is 0 Å². The summed E-state index contributed by atoms with van der Waals surface area (Å²) in [7, 11) is 0. The van der Waals surface area contributed by atoms with Gasteiger partial charge in [-0.15, -0.1) is 0 Å². The van der Waals surface area contributed by atoms with Crippen LogP contribution in [0.2, 0.25) is 0 Å². The van der Waals surface area contributed by atoms with E-state index >= 15 is 0 Å². The third-order valence-corrected chi connectivity index (χ3v) is 1.80. The average Bonchev–Trinajstić information content (AvgIpc) is 2.05. The van der Waals surface area contributed by atoms with E-state index in [1.807, 2.05) is 0 Å². The number of rotatable bonds is 2. The fourth-order valence-corrected chi connectivity index (χ4v) is 1.18. The summed E-state index contributed by atoms with van der Waals surface area (Å²) < 4.78 is 17.6. The maximum Gasteiger partial charge on any atom is 0.124 e. The van der Waals surface area contributed by atoms with Crippen LogP contribution in [-0.2, 0) is 4.74 Å². The highest BCUT2D eigenvalue weighted by Gasteiger charge is 2.29. The molecule has 5 nitrogen and oxygen atoms in total. The van der Waals surface area contributed by atoms with Crippen LogP contribution >= 0.6 is 0 Å². The van der Waals surface area contributed by atoms with Gasteiger partial charge < -0.3 is 9.84 Å². The summed E-state index contributed by atoms with van der Waals surface area (Å²) in [6.07, 6.45) is -1.51. The van der Waals surface area contributed by atoms with Gasteiger partial charge in [0.2, 0.25) is 0 Å². The van der Waals surface area contributed by atoms with Crippen molar-refractivity contribution in [1.29, 1.82) is 0 Å². The van der Waals surface area contributed by atoms with E-state index in [1.165, 1.54) is 0 Å². The average molecular weight is 175 g/mol. The molecule has 0 saturated carbocycles. The van der Waals surface area contributed by atoms with Gasteiger partial charge in [-0.25, -0.2) is 4.39 Å². The number of aliphatic hydroxyl groups excluding tert-OH is 1. The van der Waals surface area contributed by atoms with Crippen molar-refractivity contribution in [1.82, 2.24) is 0 Å². The van der Waals surface area contributed by atoms with E-state index in [4.69, 9.17) is 15.4 Å². The zero-order valence-electron chi connectivity index (χ0n) is 6.43. The molecule has 0 aromatic rings. The van der Waals surface area contributed by atoms with Crippen LogP contribution in [0.15, 0.2) is 5.11 Å². The molecule has 0 aromatic heterocycles. The molecule has 0 bridgehead atoms. The predicted octanol–water partition coefficient (Wildman–Crippen LogP) is 0.785. The fourth-order valence-electron chi connectivity index (χ4n) is 1.18. The molecule has 0 radical (unpaired) electrons. The molecule has 1 saturated heterocycles. The third kappa shape index (κ3) is 2.07. The van der Waals surface area contributed by atoms with Crippen LogP contribution in [-0.4, -0.2) is 36.6 Å². The molecule has 1 heterocycles. The number of alkyl halides is 1. The van der Waals surface area contributed by atoms with Crippen LogP contribution < -0.4 is 0 Å². The summed E-state index contributed by atoms with van der Waals surface area (Å²) in [5, 5.41) is 12.1. The van der Waals surface area contributed by atoms with E-state index in [-0.39, 0.29) is 19.6 Å². The maximum absolute atomic E-state index is 12.7. The number of hydrogen-bond donors (Lipinski definition) is 1. The second kappa shape index (κ2) is 4.25. The highest BCUT2D eigenvalue weighted by Crippen LogP contribution is 2.19. The Labute approximate surface area is 68.8 Å². The lowest BCUT2D eigenvalue weighted by Gasteiger charge is -2.28. The Hall–Kier alpha value is -0.840. The van der Waals surface area contributed by atoms with Crippen LogP contribution in [0.1, 0.15) is 6.42 Å². The summed E-state index contributed by atoms with van der Waals surface area (Å²) in [6, 6.07) is -0.580. The first kappa shape index (κ1) is 9.25. The minimum absolute atomic E-state index is 0.0251. The van der Waals surface area contributed by atoms with E-state index in [2.05, 4.69) is 10.0 Å². The Morgan fingerprint density at radius 1 is 1.75 bits per heavy atom. The topological polar surface area (TPSA) is 78.2 Å². The van der Waals surface area contributed by atoms with Gasteiger partial charge in [-0.05, 0) is 12.0 Å². The van der Waals surface area contributed by atoms with Gasteiger partial charge in [-0.3, -0.25) is 0 Å². The lowest BCUT2D eigenvalue weighted by molar-refractivity contribution is -0.0619. The van der Waals surface area contributed by atoms with Gasteiger partial charge in [0.15, 0.2) is 0 Å². The normalized spacial score (nSPS) is 35.7. The number of halogens is 1. The van der Waals surface area contributed by atoms with Crippen LogP contribution in [0.4, 0.5) is 4.39 Å². The highest BCUT2D eigenvalue weighted by molar-refractivity contribution is 4.84. The minimum Gasteiger partial charge on any atom is -0.394 e. The molecular weight excluding hydrogens is 165 g/mol. The van der Waals surface area contributed by atoms with Crippen LogP contribution in [0, 0.1) is 0 Å². The van der Waals surface area contributed by atoms with Gasteiger partial charge >= 0.3 is 0 Å². The van der Waals surface area contributed by atoms with Crippen LogP contribution in [0.3, 0.4) is 0 Å². The van der Waals surface area contributed by atoms with Gasteiger partial charge in [0.1, 0.15) is 6.17 Å². The van der Waals surface area contributed by atoms with E-state index in [9.17, 15) is 4.39 Å². The fraction of sp³-hybridized carbons (Fsp3) is 1.00. The summed E-state index contributed by atoms with van der Waals surface area (Å²) >= 11 is 0. The van der Waals surface area contributed by atoms with E-state index in [0.29, 0.717) is 0 Å². The Morgan fingerprint density at radius 3 is 3.08 bits per heavy atom. The monoisotopic (exact) mass is 175 g/mol. The molecule has 0 aliphatic carbocycles. The summed E-state index contributed by atoms with van der Waals surface area (Å²) in [5.41, 5.74) is 8.12.